The molecule has 0 radical (unpaired) electrons. The van der Waals surface area contributed by atoms with Gasteiger partial charge in [0, 0.05) is 50.1 Å². The summed E-state index contributed by atoms with van der Waals surface area (Å²) in [7, 11) is 0. The van der Waals surface area contributed by atoms with Crippen LogP contribution < -0.4 is 4.90 Å². The Labute approximate surface area is 182 Å². The van der Waals surface area contributed by atoms with E-state index in [0.717, 1.165) is 94.8 Å². The third kappa shape index (κ3) is 4.05. The Balaban J connectivity index is 1.43. The van der Waals surface area contributed by atoms with E-state index in [4.69, 9.17) is 14.7 Å². The molecule has 1 saturated carbocycles. The van der Waals surface area contributed by atoms with Crippen molar-refractivity contribution in [1.29, 1.82) is 0 Å². The van der Waals surface area contributed by atoms with Gasteiger partial charge in [0.15, 0.2) is 0 Å². The predicted molar refractivity (Wildman–Crippen MR) is 119 cm³/mol. The van der Waals surface area contributed by atoms with Crippen molar-refractivity contribution in [2.24, 2.45) is 5.92 Å². The Morgan fingerprint density at radius 3 is 2.63 bits per heavy atom. The number of carbonyl (C=O) groups excluding carboxylic acids is 1. The number of aryl methyl sites for hydroxylation is 2. The molecule has 5 rings (SSSR count). The average Bonchev–Trinajstić information content (AvgIpc) is 3.57. The van der Waals surface area contributed by atoms with Gasteiger partial charge in [-0.3, -0.25) is 9.69 Å². The minimum absolute atomic E-state index is 0.296. The molecule has 2 saturated heterocycles. The van der Waals surface area contributed by atoms with Crippen molar-refractivity contribution in [2.75, 3.05) is 57.4 Å². The summed E-state index contributed by atoms with van der Waals surface area (Å²) in [6.45, 7) is 12.0. The van der Waals surface area contributed by atoms with Crippen molar-refractivity contribution in [3.63, 3.8) is 0 Å². The molecule has 3 aliphatic rings. The molecule has 2 aliphatic heterocycles. The molecule has 2 aromatic heterocycles. The number of carbonyl (C=O) groups is 1. The fourth-order valence-corrected chi connectivity index (χ4v) is 5.51. The van der Waals surface area contributed by atoms with Crippen LogP contribution in [0, 0.1) is 19.8 Å². The van der Waals surface area contributed by atoms with Gasteiger partial charge in [-0.1, -0.05) is 0 Å². The third-order valence-corrected chi connectivity index (χ3v) is 7.66. The molecule has 4 heterocycles. The normalized spacial score (nSPS) is 21.3. The number of hydrogen-bond donors (Lipinski definition) is 0. The number of morpholine rings is 1. The van der Waals surface area contributed by atoms with Crippen LogP contribution in [0.5, 0.6) is 0 Å². The van der Waals surface area contributed by atoms with E-state index in [1.165, 1.54) is 15.8 Å². The molecular formula is C22H31N5O2S. The minimum atomic E-state index is 0.296. The first-order chi connectivity index (χ1) is 14.6. The standard InChI is InChI=1S/C22H31N5O2S/c1-15-16(2)30-21-19(15)20(23-18(24-21)14-25-10-12-29-13-11-25)26-6-3-7-27(9-8-26)22(28)17-4-5-17/h17H,3-14H2,1-2H3. The zero-order valence-electron chi connectivity index (χ0n) is 18.0. The maximum Gasteiger partial charge on any atom is 0.225 e. The van der Waals surface area contributed by atoms with Gasteiger partial charge in [0.2, 0.25) is 5.91 Å². The lowest BCUT2D eigenvalue weighted by molar-refractivity contribution is -0.132. The zero-order chi connectivity index (χ0) is 20.7. The summed E-state index contributed by atoms with van der Waals surface area (Å²) < 4.78 is 5.49. The van der Waals surface area contributed by atoms with E-state index in [9.17, 15) is 4.79 Å². The van der Waals surface area contributed by atoms with Crippen LogP contribution in [0.4, 0.5) is 5.82 Å². The Bertz CT molecular complexity index is 935. The van der Waals surface area contributed by atoms with E-state index in [0.29, 0.717) is 11.8 Å². The largest absolute Gasteiger partial charge is 0.379 e. The highest BCUT2D eigenvalue weighted by Crippen LogP contribution is 2.36. The Hall–Kier alpha value is -1.77. The second-order valence-corrected chi connectivity index (χ2v) is 9.96. The Morgan fingerprint density at radius 2 is 1.87 bits per heavy atom. The SMILES string of the molecule is Cc1sc2nc(CN3CCOCC3)nc(N3CCCN(C(=O)C4CC4)CC3)c2c1C. The first-order valence-electron chi connectivity index (χ1n) is 11.2. The van der Waals surface area contributed by atoms with Gasteiger partial charge in [0.1, 0.15) is 16.5 Å². The van der Waals surface area contributed by atoms with Crippen LogP contribution in [0.3, 0.4) is 0 Å². The molecule has 7 nitrogen and oxygen atoms in total. The smallest absolute Gasteiger partial charge is 0.225 e. The molecule has 30 heavy (non-hydrogen) atoms. The van der Waals surface area contributed by atoms with Crippen molar-refractivity contribution >= 4 is 33.3 Å². The number of rotatable bonds is 4. The van der Waals surface area contributed by atoms with Gasteiger partial charge < -0.3 is 14.5 Å². The van der Waals surface area contributed by atoms with E-state index >= 15 is 0 Å². The van der Waals surface area contributed by atoms with Crippen molar-refractivity contribution in [3.8, 4) is 0 Å². The molecule has 0 spiro atoms. The monoisotopic (exact) mass is 429 g/mol. The molecule has 0 bridgehead atoms. The van der Waals surface area contributed by atoms with Gasteiger partial charge in [-0.05, 0) is 38.7 Å². The number of hydrogen-bond acceptors (Lipinski definition) is 7. The highest BCUT2D eigenvalue weighted by Gasteiger charge is 2.34. The summed E-state index contributed by atoms with van der Waals surface area (Å²) in [5.74, 6) is 2.62. The van der Waals surface area contributed by atoms with Crippen LogP contribution in [-0.4, -0.2) is 78.2 Å². The van der Waals surface area contributed by atoms with Crippen LogP contribution >= 0.6 is 11.3 Å². The fourth-order valence-electron chi connectivity index (χ4n) is 4.47. The lowest BCUT2D eigenvalue weighted by Crippen LogP contribution is -2.37. The molecule has 0 N–H and O–H groups in total. The maximum atomic E-state index is 12.6. The summed E-state index contributed by atoms with van der Waals surface area (Å²) in [6, 6.07) is 0. The first-order valence-corrected chi connectivity index (χ1v) is 12.0. The minimum Gasteiger partial charge on any atom is -0.379 e. The van der Waals surface area contributed by atoms with Crippen molar-refractivity contribution in [1.82, 2.24) is 19.8 Å². The van der Waals surface area contributed by atoms with E-state index in [1.54, 1.807) is 11.3 Å². The molecule has 8 heteroatoms. The van der Waals surface area contributed by atoms with Gasteiger partial charge in [0.25, 0.3) is 0 Å². The van der Waals surface area contributed by atoms with E-state index in [-0.39, 0.29) is 0 Å². The van der Waals surface area contributed by atoms with Crippen LogP contribution in [0.1, 0.15) is 35.5 Å². The van der Waals surface area contributed by atoms with E-state index in [1.807, 2.05) is 0 Å². The predicted octanol–water partition coefficient (Wildman–Crippen LogP) is 2.59. The van der Waals surface area contributed by atoms with Crippen LogP contribution in [0.25, 0.3) is 10.2 Å². The molecule has 1 aliphatic carbocycles. The second-order valence-electron chi connectivity index (χ2n) is 8.76. The molecule has 0 unspecified atom stereocenters. The number of anilines is 1. The number of thiophene rings is 1. The number of fused-ring (bicyclic) bond motifs is 1. The maximum absolute atomic E-state index is 12.6. The summed E-state index contributed by atoms with van der Waals surface area (Å²) in [5, 5.41) is 1.20. The van der Waals surface area contributed by atoms with Crippen LogP contribution in [0.15, 0.2) is 0 Å². The lowest BCUT2D eigenvalue weighted by Gasteiger charge is -2.27. The van der Waals surface area contributed by atoms with E-state index < -0.39 is 0 Å². The summed E-state index contributed by atoms with van der Waals surface area (Å²) in [6.07, 6.45) is 3.14. The van der Waals surface area contributed by atoms with Gasteiger partial charge in [-0.15, -0.1) is 11.3 Å². The molecule has 1 amide bonds. The fraction of sp³-hybridized carbons (Fsp3) is 0.682. The zero-order valence-corrected chi connectivity index (χ0v) is 18.8. The summed E-state index contributed by atoms with van der Waals surface area (Å²) in [5.41, 5.74) is 1.29. The molecule has 0 atom stereocenters. The second kappa shape index (κ2) is 8.40. The van der Waals surface area contributed by atoms with Crippen LogP contribution in [-0.2, 0) is 16.1 Å². The highest BCUT2D eigenvalue weighted by molar-refractivity contribution is 7.18. The van der Waals surface area contributed by atoms with Gasteiger partial charge in [-0.2, -0.15) is 0 Å². The van der Waals surface area contributed by atoms with Crippen LogP contribution in [0.2, 0.25) is 0 Å². The number of amides is 1. The molecule has 2 aromatic rings. The average molecular weight is 430 g/mol. The summed E-state index contributed by atoms with van der Waals surface area (Å²) in [4.78, 5) is 31.8. The highest BCUT2D eigenvalue weighted by atomic mass is 32.1. The van der Waals surface area contributed by atoms with Crippen molar-refractivity contribution in [2.45, 2.75) is 39.7 Å². The number of aromatic nitrogens is 2. The van der Waals surface area contributed by atoms with Crippen molar-refractivity contribution in [3.05, 3.63) is 16.3 Å². The topological polar surface area (TPSA) is 61.8 Å². The molecule has 0 aromatic carbocycles. The first kappa shape index (κ1) is 20.2. The lowest BCUT2D eigenvalue weighted by atomic mass is 10.2. The van der Waals surface area contributed by atoms with E-state index in [2.05, 4.69) is 28.5 Å². The Morgan fingerprint density at radius 1 is 1.07 bits per heavy atom. The molecule has 162 valence electrons. The molecular weight excluding hydrogens is 398 g/mol. The number of ether oxygens (including phenoxy) is 1. The van der Waals surface area contributed by atoms with Gasteiger partial charge >= 0.3 is 0 Å². The molecule has 3 fully saturated rings. The summed E-state index contributed by atoms with van der Waals surface area (Å²) >= 11 is 1.77. The Kier molecular flexibility index (Phi) is 5.64. The quantitative estimate of drug-likeness (QED) is 0.745. The van der Waals surface area contributed by atoms with Crippen molar-refractivity contribution < 1.29 is 9.53 Å². The van der Waals surface area contributed by atoms with Gasteiger partial charge in [0.05, 0.1) is 25.1 Å². The number of nitrogens with zero attached hydrogens (tertiary/aromatic N) is 5. The van der Waals surface area contributed by atoms with Gasteiger partial charge in [-0.25, -0.2) is 9.97 Å². The third-order valence-electron chi connectivity index (χ3n) is 6.56.